The number of hydrogen-bond donors (Lipinski definition) is 1. The van der Waals surface area contributed by atoms with Crippen molar-refractivity contribution in [3.8, 4) is 0 Å². The molecule has 3 rings (SSSR count). The maximum atomic E-state index is 12.4. The van der Waals surface area contributed by atoms with E-state index in [0.29, 0.717) is 12.5 Å². The van der Waals surface area contributed by atoms with E-state index in [9.17, 15) is 9.59 Å². The van der Waals surface area contributed by atoms with Gasteiger partial charge in [-0.3, -0.25) is 9.69 Å². The maximum Gasteiger partial charge on any atom is 0.325 e. The van der Waals surface area contributed by atoms with Gasteiger partial charge >= 0.3 is 6.03 Å². The molecule has 4 heteroatoms. The summed E-state index contributed by atoms with van der Waals surface area (Å²) >= 11 is 0. The third-order valence-corrected chi connectivity index (χ3v) is 4.16. The third-order valence-electron chi connectivity index (χ3n) is 4.16. The van der Waals surface area contributed by atoms with Crippen LogP contribution in [-0.2, 0) is 11.3 Å². The van der Waals surface area contributed by atoms with E-state index in [-0.39, 0.29) is 11.9 Å². The molecule has 0 spiro atoms. The van der Waals surface area contributed by atoms with E-state index in [2.05, 4.69) is 5.32 Å². The highest BCUT2D eigenvalue weighted by Gasteiger charge is 2.55. The summed E-state index contributed by atoms with van der Waals surface area (Å²) < 4.78 is 0. The van der Waals surface area contributed by atoms with Crippen molar-refractivity contribution in [2.24, 2.45) is 5.92 Å². The van der Waals surface area contributed by atoms with E-state index in [1.54, 1.807) is 0 Å². The van der Waals surface area contributed by atoms with Gasteiger partial charge in [-0.05, 0) is 38.2 Å². The van der Waals surface area contributed by atoms with Crippen molar-refractivity contribution in [2.75, 3.05) is 0 Å². The first-order valence-electron chi connectivity index (χ1n) is 6.70. The minimum Gasteiger partial charge on any atom is -0.323 e. The predicted molar refractivity (Wildman–Crippen MR) is 71.4 cm³/mol. The Morgan fingerprint density at radius 1 is 1.26 bits per heavy atom. The molecule has 1 saturated heterocycles. The fourth-order valence-corrected chi connectivity index (χ4v) is 2.67. The Balaban J connectivity index is 1.79. The van der Waals surface area contributed by atoms with E-state index in [1.165, 1.54) is 10.5 Å². The van der Waals surface area contributed by atoms with E-state index < -0.39 is 5.54 Å². The fourth-order valence-electron chi connectivity index (χ4n) is 2.67. The molecule has 1 atom stereocenters. The molecule has 0 aromatic heterocycles. The quantitative estimate of drug-likeness (QED) is 0.845. The maximum absolute atomic E-state index is 12.4. The molecule has 100 valence electrons. The number of amides is 3. The summed E-state index contributed by atoms with van der Waals surface area (Å²) in [4.78, 5) is 25.8. The van der Waals surface area contributed by atoms with Gasteiger partial charge in [0.2, 0.25) is 0 Å². The molecule has 2 aliphatic rings. The van der Waals surface area contributed by atoms with Gasteiger partial charge in [0.1, 0.15) is 5.54 Å². The predicted octanol–water partition coefficient (Wildman–Crippen LogP) is 2.22. The van der Waals surface area contributed by atoms with E-state index >= 15 is 0 Å². The number of imide groups is 1. The van der Waals surface area contributed by atoms with Crippen molar-refractivity contribution in [3.05, 3.63) is 35.4 Å². The summed E-state index contributed by atoms with van der Waals surface area (Å²) in [5.74, 6) is 0.229. The lowest BCUT2D eigenvalue weighted by Gasteiger charge is -2.21. The van der Waals surface area contributed by atoms with Gasteiger partial charge in [0.15, 0.2) is 0 Å². The first kappa shape index (κ1) is 12.2. The molecule has 2 fully saturated rings. The van der Waals surface area contributed by atoms with Crippen LogP contribution in [0.4, 0.5) is 4.79 Å². The lowest BCUT2D eigenvalue weighted by molar-refractivity contribution is -0.131. The van der Waals surface area contributed by atoms with E-state index in [4.69, 9.17) is 0 Å². The Morgan fingerprint density at radius 3 is 2.47 bits per heavy atom. The lowest BCUT2D eigenvalue weighted by Crippen LogP contribution is -2.46. The molecule has 1 aliphatic heterocycles. The van der Waals surface area contributed by atoms with Gasteiger partial charge in [0.25, 0.3) is 5.91 Å². The first-order chi connectivity index (χ1) is 9.00. The van der Waals surface area contributed by atoms with Crippen LogP contribution < -0.4 is 5.32 Å². The van der Waals surface area contributed by atoms with Crippen molar-refractivity contribution in [3.63, 3.8) is 0 Å². The molecule has 19 heavy (non-hydrogen) atoms. The molecular weight excluding hydrogens is 240 g/mol. The summed E-state index contributed by atoms with van der Waals surface area (Å²) in [5, 5.41) is 2.86. The number of hydrogen-bond acceptors (Lipinski definition) is 2. The Bertz CT molecular complexity index is 534. The monoisotopic (exact) mass is 258 g/mol. The zero-order valence-electron chi connectivity index (χ0n) is 11.3. The number of carbonyl (C=O) groups excluding carboxylic acids is 2. The third kappa shape index (κ3) is 2.01. The zero-order chi connectivity index (χ0) is 13.6. The molecule has 1 aromatic carbocycles. The van der Waals surface area contributed by atoms with Crippen LogP contribution in [0.5, 0.6) is 0 Å². The van der Waals surface area contributed by atoms with Crippen molar-refractivity contribution in [1.82, 2.24) is 10.2 Å². The van der Waals surface area contributed by atoms with Crippen LogP contribution in [0.1, 0.15) is 30.9 Å². The highest BCUT2D eigenvalue weighted by molar-refractivity contribution is 6.07. The van der Waals surface area contributed by atoms with Crippen LogP contribution in [0.15, 0.2) is 24.3 Å². The van der Waals surface area contributed by atoms with Crippen molar-refractivity contribution in [1.29, 1.82) is 0 Å². The number of aryl methyl sites for hydroxylation is 1. The van der Waals surface area contributed by atoms with Gasteiger partial charge in [0, 0.05) is 0 Å². The summed E-state index contributed by atoms with van der Waals surface area (Å²) in [5.41, 5.74) is 1.47. The molecule has 0 radical (unpaired) electrons. The van der Waals surface area contributed by atoms with Gasteiger partial charge in [-0.1, -0.05) is 29.8 Å². The Labute approximate surface area is 112 Å². The summed E-state index contributed by atoms with van der Waals surface area (Å²) in [7, 11) is 0. The topological polar surface area (TPSA) is 49.4 Å². The minimum absolute atomic E-state index is 0.0828. The van der Waals surface area contributed by atoms with Gasteiger partial charge in [-0.15, -0.1) is 0 Å². The normalized spacial score (nSPS) is 26.7. The summed E-state index contributed by atoms with van der Waals surface area (Å²) in [6, 6.07) is 7.65. The van der Waals surface area contributed by atoms with Crippen LogP contribution in [-0.4, -0.2) is 22.4 Å². The highest BCUT2D eigenvalue weighted by Crippen LogP contribution is 2.42. The van der Waals surface area contributed by atoms with Gasteiger partial charge < -0.3 is 5.32 Å². The minimum atomic E-state index is -0.679. The number of nitrogens with one attached hydrogen (secondary N) is 1. The van der Waals surface area contributed by atoms with Crippen LogP contribution >= 0.6 is 0 Å². The molecule has 4 nitrogen and oxygen atoms in total. The second kappa shape index (κ2) is 4.08. The molecule has 3 amide bonds. The van der Waals surface area contributed by atoms with E-state index in [1.807, 2.05) is 38.1 Å². The molecule has 1 aromatic rings. The number of benzene rings is 1. The first-order valence-corrected chi connectivity index (χ1v) is 6.70. The SMILES string of the molecule is Cc1ccc(CN2C(=O)NC(C)(C3CC3)C2=O)cc1. The Kier molecular flexibility index (Phi) is 2.62. The van der Waals surface area contributed by atoms with Gasteiger partial charge in [-0.2, -0.15) is 0 Å². The number of carbonyl (C=O) groups is 2. The standard InChI is InChI=1S/C15H18N2O2/c1-10-3-5-11(6-4-10)9-17-13(18)15(2,12-7-8-12)16-14(17)19/h3-6,12H,7-9H2,1-2H3,(H,16,19). The smallest absolute Gasteiger partial charge is 0.323 e. The van der Waals surface area contributed by atoms with Gasteiger partial charge in [0.05, 0.1) is 6.54 Å². The average Bonchev–Trinajstić information content (AvgIpc) is 3.18. The van der Waals surface area contributed by atoms with Crippen LogP contribution in [0.3, 0.4) is 0 Å². The molecular formula is C15H18N2O2. The number of rotatable bonds is 3. The summed E-state index contributed by atoms with van der Waals surface area (Å²) in [6.07, 6.45) is 2.06. The molecule has 1 aliphatic carbocycles. The lowest BCUT2D eigenvalue weighted by atomic mass is 9.96. The van der Waals surface area contributed by atoms with Crippen LogP contribution in [0, 0.1) is 12.8 Å². The van der Waals surface area contributed by atoms with Gasteiger partial charge in [-0.25, -0.2) is 4.79 Å². The molecule has 1 heterocycles. The second-order valence-electron chi connectivity index (χ2n) is 5.78. The van der Waals surface area contributed by atoms with Crippen molar-refractivity contribution < 1.29 is 9.59 Å². The Hall–Kier alpha value is -1.84. The molecule has 1 N–H and O–H groups in total. The number of nitrogens with zero attached hydrogens (tertiary/aromatic N) is 1. The zero-order valence-corrected chi connectivity index (χ0v) is 11.3. The Morgan fingerprint density at radius 2 is 1.89 bits per heavy atom. The second-order valence-corrected chi connectivity index (χ2v) is 5.78. The molecule has 1 saturated carbocycles. The average molecular weight is 258 g/mol. The van der Waals surface area contributed by atoms with E-state index in [0.717, 1.165) is 18.4 Å². The van der Waals surface area contributed by atoms with Crippen LogP contribution in [0.2, 0.25) is 0 Å². The largest absolute Gasteiger partial charge is 0.325 e. The summed E-state index contributed by atoms with van der Waals surface area (Å²) in [6.45, 7) is 4.22. The molecule has 1 unspecified atom stereocenters. The van der Waals surface area contributed by atoms with Crippen LogP contribution in [0.25, 0.3) is 0 Å². The van der Waals surface area contributed by atoms with Crippen molar-refractivity contribution in [2.45, 2.75) is 38.8 Å². The highest BCUT2D eigenvalue weighted by atomic mass is 16.2. The fraction of sp³-hybridized carbons (Fsp3) is 0.467. The number of urea groups is 1. The molecule has 0 bridgehead atoms. The van der Waals surface area contributed by atoms with Crippen molar-refractivity contribution >= 4 is 11.9 Å².